The van der Waals surface area contributed by atoms with Gasteiger partial charge in [0.15, 0.2) is 0 Å². The Balaban J connectivity index is 3.10. The van der Waals surface area contributed by atoms with Crippen LogP contribution in [-0.2, 0) is 0 Å². The Labute approximate surface area is 93.2 Å². The maximum Gasteiger partial charge on any atom is 0.337 e. The summed E-state index contributed by atoms with van der Waals surface area (Å²) in [7, 11) is 1.76. The van der Waals surface area contributed by atoms with Gasteiger partial charge in [0.25, 0.3) is 0 Å². The topological polar surface area (TPSA) is 84.6 Å². The Morgan fingerprint density at radius 3 is 2.75 bits per heavy atom. The third-order valence-electron chi connectivity index (χ3n) is 2.23. The molecule has 0 heterocycles. The molecule has 0 radical (unpaired) electrons. The molecule has 1 aromatic rings. The number of nitrogens with zero attached hydrogens (tertiary/aromatic N) is 2. The van der Waals surface area contributed by atoms with Crippen molar-refractivity contribution < 1.29 is 15.0 Å². The number of likely N-dealkylation sites (N-methyl/N-ethyl adjacent to an activating group) is 1. The molecule has 2 N–H and O–H groups in total. The van der Waals surface area contributed by atoms with Crippen molar-refractivity contribution in [3.05, 3.63) is 29.3 Å². The number of aromatic carboxylic acids is 1. The maximum atomic E-state index is 10.8. The van der Waals surface area contributed by atoms with E-state index in [-0.39, 0.29) is 17.7 Å². The summed E-state index contributed by atoms with van der Waals surface area (Å²) in [6.45, 7) is 0.427. The zero-order valence-corrected chi connectivity index (χ0v) is 8.84. The van der Waals surface area contributed by atoms with Crippen LogP contribution in [0.15, 0.2) is 18.2 Å². The van der Waals surface area contributed by atoms with Crippen LogP contribution in [0.3, 0.4) is 0 Å². The summed E-state index contributed by atoms with van der Waals surface area (Å²) >= 11 is 0. The fraction of sp³-hybridized carbons (Fsp3) is 0.273. The molecule has 5 heteroatoms. The first-order valence-corrected chi connectivity index (χ1v) is 4.69. The van der Waals surface area contributed by atoms with Gasteiger partial charge in [-0.1, -0.05) is 0 Å². The van der Waals surface area contributed by atoms with Gasteiger partial charge < -0.3 is 15.1 Å². The number of carbonyl (C=O) groups is 1. The van der Waals surface area contributed by atoms with Crippen molar-refractivity contribution in [3.63, 3.8) is 0 Å². The second-order valence-corrected chi connectivity index (χ2v) is 3.29. The van der Waals surface area contributed by atoms with Gasteiger partial charge in [0.2, 0.25) is 0 Å². The lowest BCUT2D eigenvalue weighted by molar-refractivity contribution is 0.0696. The van der Waals surface area contributed by atoms with Crippen molar-refractivity contribution in [2.45, 2.75) is 0 Å². The Morgan fingerprint density at radius 2 is 2.25 bits per heavy atom. The van der Waals surface area contributed by atoms with Crippen LogP contribution < -0.4 is 4.90 Å². The Bertz CT molecular complexity index is 437. The minimum Gasteiger partial charge on any atom is -0.478 e. The number of nitriles is 1. The smallest absolute Gasteiger partial charge is 0.337 e. The molecule has 0 aliphatic rings. The number of carboxylic acids is 1. The van der Waals surface area contributed by atoms with Gasteiger partial charge in [-0.2, -0.15) is 5.26 Å². The number of hydrogen-bond donors (Lipinski definition) is 2. The summed E-state index contributed by atoms with van der Waals surface area (Å²) in [5.74, 6) is -1.12. The highest BCUT2D eigenvalue weighted by Crippen LogP contribution is 2.18. The molecule has 0 aliphatic heterocycles. The standard InChI is InChI=1S/C11H12N2O3/c1-13(4-5-14)9-2-3-10(11(15)16)8(6-9)7-12/h2-3,6,14H,4-5H2,1H3,(H,15,16). The zero-order valence-electron chi connectivity index (χ0n) is 8.84. The highest BCUT2D eigenvalue weighted by molar-refractivity contribution is 5.91. The van der Waals surface area contributed by atoms with Crippen LogP contribution in [-0.4, -0.2) is 36.4 Å². The van der Waals surface area contributed by atoms with Crippen LogP contribution in [0.5, 0.6) is 0 Å². The number of aliphatic hydroxyl groups is 1. The Morgan fingerprint density at radius 1 is 1.56 bits per heavy atom. The highest BCUT2D eigenvalue weighted by atomic mass is 16.4. The van der Waals surface area contributed by atoms with Crippen molar-refractivity contribution in [1.29, 1.82) is 5.26 Å². The molecule has 5 nitrogen and oxygen atoms in total. The van der Waals surface area contributed by atoms with E-state index < -0.39 is 5.97 Å². The van der Waals surface area contributed by atoms with Crippen LogP contribution in [0.25, 0.3) is 0 Å². The van der Waals surface area contributed by atoms with Crippen molar-refractivity contribution >= 4 is 11.7 Å². The van der Waals surface area contributed by atoms with Gasteiger partial charge in [0.1, 0.15) is 6.07 Å². The second-order valence-electron chi connectivity index (χ2n) is 3.29. The monoisotopic (exact) mass is 220 g/mol. The van der Waals surface area contributed by atoms with Crippen LogP contribution in [0.2, 0.25) is 0 Å². The van der Waals surface area contributed by atoms with E-state index in [9.17, 15) is 4.79 Å². The number of hydrogen-bond acceptors (Lipinski definition) is 4. The minimum atomic E-state index is -1.12. The SMILES string of the molecule is CN(CCO)c1ccc(C(=O)O)c(C#N)c1. The van der Waals surface area contributed by atoms with E-state index in [0.29, 0.717) is 12.2 Å². The van der Waals surface area contributed by atoms with E-state index in [0.717, 1.165) is 0 Å². The Kier molecular flexibility index (Phi) is 3.86. The quantitative estimate of drug-likeness (QED) is 0.779. The van der Waals surface area contributed by atoms with Gasteiger partial charge >= 0.3 is 5.97 Å². The Hall–Kier alpha value is -2.06. The molecule has 0 aromatic heterocycles. The third kappa shape index (κ3) is 2.49. The summed E-state index contributed by atoms with van der Waals surface area (Å²) < 4.78 is 0. The number of carboxylic acid groups (broad SMARTS) is 1. The fourth-order valence-electron chi connectivity index (χ4n) is 1.33. The first-order chi connectivity index (χ1) is 7.60. The largest absolute Gasteiger partial charge is 0.478 e. The van der Waals surface area contributed by atoms with Gasteiger partial charge in [-0.25, -0.2) is 4.79 Å². The molecule has 0 aliphatic carbocycles. The van der Waals surface area contributed by atoms with Crippen LogP contribution >= 0.6 is 0 Å². The second kappa shape index (κ2) is 5.14. The molecule has 0 spiro atoms. The molecule has 16 heavy (non-hydrogen) atoms. The average Bonchev–Trinajstić information content (AvgIpc) is 2.28. The summed E-state index contributed by atoms with van der Waals surface area (Å²) in [4.78, 5) is 12.5. The fourth-order valence-corrected chi connectivity index (χ4v) is 1.33. The van der Waals surface area contributed by atoms with Crippen LogP contribution in [0.1, 0.15) is 15.9 Å². The average molecular weight is 220 g/mol. The first kappa shape index (κ1) is 12.0. The number of rotatable bonds is 4. The van der Waals surface area contributed by atoms with Crippen molar-refractivity contribution in [2.75, 3.05) is 25.1 Å². The van der Waals surface area contributed by atoms with E-state index in [1.54, 1.807) is 18.0 Å². The molecule has 1 rings (SSSR count). The predicted octanol–water partition coefficient (Wildman–Crippen LogP) is 0.685. The third-order valence-corrected chi connectivity index (χ3v) is 2.23. The predicted molar refractivity (Wildman–Crippen MR) is 58.5 cm³/mol. The van der Waals surface area contributed by atoms with Gasteiger partial charge in [0.05, 0.1) is 17.7 Å². The number of aliphatic hydroxyl groups excluding tert-OH is 1. The van der Waals surface area contributed by atoms with Crippen molar-refractivity contribution in [3.8, 4) is 6.07 Å². The zero-order chi connectivity index (χ0) is 12.1. The van der Waals surface area contributed by atoms with Crippen LogP contribution in [0.4, 0.5) is 5.69 Å². The normalized spacial score (nSPS) is 9.56. The first-order valence-electron chi connectivity index (χ1n) is 4.69. The summed E-state index contributed by atoms with van der Waals surface area (Å²) in [6.07, 6.45) is 0. The van der Waals surface area contributed by atoms with Gasteiger partial charge in [0, 0.05) is 19.3 Å². The van der Waals surface area contributed by atoms with E-state index in [1.807, 2.05) is 6.07 Å². The highest BCUT2D eigenvalue weighted by Gasteiger charge is 2.11. The molecular formula is C11H12N2O3. The van der Waals surface area contributed by atoms with Gasteiger partial charge in [-0.3, -0.25) is 0 Å². The van der Waals surface area contributed by atoms with Crippen LogP contribution in [0, 0.1) is 11.3 Å². The summed E-state index contributed by atoms with van der Waals surface area (Å²) in [5, 5.41) is 26.4. The lowest BCUT2D eigenvalue weighted by Crippen LogP contribution is -2.21. The molecule has 0 unspecified atom stereocenters. The molecule has 0 fully saturated rings. The van der Waals surface area contributed by atoms with Gasteiger partial charge in [-0.05, 0) is 18.2 Å². The molecule has 0 atom stereocenters. The van der Waals surface area contributed by atoms with Crippen molar-refractivity contribution in [1.82, 2.24) is 0 Å². The lowest BCUT2D eigenvalue weighted by Gasteiger charge is -2.18. The van der Waals surface area contributed by atoms with E-state index >= 15 is 0 Å². The van der Waals surface area contributed by atoms with E-state index in [2.05, 4.69) is 0 Å². The molecule has 84 valence electrons. The molecule has 1 aromatic carbocycles. The van der Waals surface area contributed by atoms with E-state index in [4.69, 9.17) is 15.5 Å². The minimum absolute atomic E-state index is 0.000924. The maximum absolute atomic E-state index is 10.8. The molecule has 0 bridgehead atoms. The lowest BCUT2D eigenvalue weighted by atomic mass is 10.1. The number of anilines is 1. The molecular weight excluding hydrogens is 208 g/mol. The molecule has 0 amide bonds. The number of benzene rings is 1. The molecule has 0 saturated heterocycles. The van der Waals surface area contributed by atoms with Crippen molar-refractivity contribution in [2.24, 2.45) is 0 Å². The van der Waals surface area contributed by atoms with Gasteiger partial charge in [-0.15, -0.1) is 0 Å². The van der Waals surface area contributed by atoms with E-state index in [1.165, 1.54) is 12.1 Å². The summed E-state index contributed by atoms with van der Waals surface area (Å²) in [6, 6.07) is 6.35. The molecule has 0 saturated carbocycles. The summed E-state index contributed by atoms with van der Waals surface area (Å²) in [5.41, 5.74) is 0.814.